The maximum atomic E-state index is 12.1. The summed E-state index contributed by atoms with van der Waals surface area (Å²) >= 11 is 0. The highest BCUT2D eigenvalue weighted by Crippen LogP contribution is 2.29. The monoisotopic (exact) mass is 466 g/mol. The van der Waals surface area contributed by atoms with Gasteiger partial charge in [0.25, 0.3) is 0 Å². The van der Waals surface area contributed by atoms with Crippen molar-refractivity contribution in [1.29, 1.82) is 0 Å². The quantitative estimate of drug-likeness (QED) is 0.335. The van der Waals surface area contributed by atoms with Crippen LogP contribution in [0.4, 0.5) is 5.82 Å². The van der Waals surface area contributed by atoms with Crippen molar-refractivity contribution < 1.29 is 9.53 Å². The van der Waals surface area contributed by atoms with E-state index in [1.165, 1.54) is 32.1 Å². The van der Waals surface area contributed by atoms with Gasteiger partial charge in [0.2, 0.25) is 0 Å². The van der Waals surface area contributed by atoms with E-state index in [2.05, 4.69) is 55.4 Å². The number of hydrogen-bond donors (Lipinski definition) is 1. The Morgan fingerprint density at radius 3 is 2.53 bits per heavy atom. The van der Waals surface area contributed by atoms with Gasteiger partial charge in [-0.1, -0.05) is 37.5 Å². The summed E-state index contributed by atoms with van der Waals surface area (Å²) in [6.07, 6.45) is 19.9. The third-order valence-electron chi connectivity index (χ3n) is 6.96. The Hall–Kier alpha value is -2.31. The van der Waals surface area contributed by atoms with Gasteiger partial charge < -0.3 is 10.1 Å². The van der Waals surface area contributed by atoms with E-state index in [0.717, 1.165) is 42.0 Å². The number of allylic oxidation sites excluding steroid dienone is 5. The Kier molecular flexibility index (Phi) is 10.5. The Morgan fingerprint density at radius 1 is 1.15 bits per heavy atom. The van der Waals surface area contributed by atoms with Crippen molar-refractivity contribution in [3.63, 3.8) is 0 Å². The molecular formula is C28H42N4O2. The molecule has 2 heterocycles. The molecule has 6 nitrogen and oxygen atoms in total. The number of carbonyl (C=O) groups excluding carboxylic acids is 1. The van der Waals surface area contributed by atoms with Crippen LogP contribution in [0.15, 0.2) is 36.1 Å². The fraction of sp³-hybridized carbons (Fsp3) is 0.607. The molecule has 2 fully saturated rings. The molecule has 0 atom stereocenters. The number of nitrogens with zero attached hydrogens (tertiary/aromatic N) is 3. The molecule has 0 spiro atoms. The maximum absolute atomic E-state index is 12.1. The SMILES string of the molecule is C\C=C/C(=C\C=C\C1CCCCC1)Nc1nc(C2CCOCC2)nc(C=O)c1CN(C)C(C)C. The van der Waals surface area contributed by atoms with Gasteiger partial charge in [0, 0.05) is 43.0 Å². The zero-order chi connectivity index (χ0) is 24.3. The molecule has 1 aliphatic heterocycles. The first kappa shape index (κ1) is 26.3. The van der Waals surface area contributed by atoms with Crippen molar-refractivity contribution in [3.05, 3.63) is 53.2 Å². The normalized spacial score (nSPS) is 19.1. The van der Waals surface area contributed by atoms with E-state index in [0.29, 0.717) is 37.4 Å². The number of nitrogens with one attached hydrogen (secondary N) is 1. The average Bonchev–Trinajstić information content (AvgIpc) is 2.86. The minimum Gasteiger partial charge on any atom is -0.381 e. The second-order valence-corrected chi connectivity index (χ2v) is 9.84. The summed E-state index contributed by atoms with van der Waals surface area (Å²) in [6, 6.07) is 0.339. The second-order valence-electron chi connectivity index (χ2n) is 9.84. The van der Waals surface area contributed by atoms with Crippen LogP contribution in [0.25, 0.3) is 0 Å². The lowest BCUT2D eigenvalue weighted by molar-refractivity contribution is 0.0835. The second kappa shape index (κ2) is 13.5. The molecule has 0 bridgehead atoms. The third-order valence-corrected chi connectivity index (χ3v) is 6.96. The number of anilines is 1. The summed E-state index contributed by atoms with van der Waals surface area (Å²) in [5.74, 6) is 2.35. The molecule has 1 saturated heterocycles. The number of ether oxygens (including phenoxy) is 1. The smallest absolute Gasteiger partial charge is 0.168 e. The van der Waals surface area contributed by atoms with Crippen molar-refractivity contribution in [2.75, 3.05) is 25.6 Å². The summed E-state index contributed by atoms with van der Waals surface area (Å²) in [4.78, 5) is 24.0. The van der Waals surface area contributed by atoms with Gasteiger partial charge in [0.1, 0.15) is 17.3 Å². The van der Waals surface area contributed by atoms with Crippen LogP contribution in [0, 0.1) is 5.92 Å². The van der Waals surface area contributed by atoms with E-state index >= 15 is 0 Å². The molecule has 0 aromatic carbocycles. The lowest BCUT2D eigenvalue weighted by atomic mass is 9.89. The van der Waals surface area contributed by atoms with E-state index in [1.54, 1.807) is 0 Å². The Labute approximate surface area is 205 Å². The predicted octanol–water partition coefficient (Wildman–Crippen LogP) is 6.03. The highest BCUT2D eigenvalue weighted by molar-refractivity contribution is 5.77. The Balaban J connectivity index is 1.94. The van der Waals surface area contributed by atoms with Gasteiger partial charge in [-0.3, -0.25) is 9.69 Å². The fourth-order valence-corrected chi connectivity index (χ4v) is 4.54. The molecule has 1 saturated carbocycles. The molecule has 2 aliphatic rings. The highest BCUT2D eigenvalue weighted by Gasteiger charge is 2.23. The standard InChI is InChI=1S/C28H42N4O2/c1-5-10-24(14-9-13-22-11-7-6-8-12-22)29-28-25(19-32(4)21(2)3)26(20-33)30-27(31-28)23-15-17-34-18-16-23/h5,9-10,13-14,20-23H,6-8,11-12,15-19H2,1-4H3,(H,29,30,31)/b10-5-,13-9+,24-14+. The van der Waals surface area contributed by atoms with Crippen LogP contribution in [-0.4, -0.2) is 47.5 Å². The van der Waals surface area contributed by atoms with E-state index < -0.39 is 0 Å². The van der Waals surface area contributed by atoms with Crippen LogP contribution in [0.5, 0.6) is 0 Å². The van der Waals surface area contributed by atoms with Crippen LogP contribution in [0.1, 0.15) is 93.5 Å². The molecule has 0 unspecified atom stereocenters. The Bertz CT molecular complexity index is 879. The molecule has 0 amide bonds. The topological polar surface area (TPSA) is 67.4 Å². The van der Waals surface area contributed by atoms with Crippen molar-refractivity contribution in [1.82, 2.24) is 14.9 Å². The molecule has 0 radical (unpaired) electrons. The van der Waals surface area contributed by atoms with Gasteiger partial charge in [-0.25, -0.2) is 9.97 Å². The van der Waals surface area contributed by atoms with E-state index in [4.69, 9.17) is 14.7 Å². The Morgan fingerprint density at radius 2 is 1.88 bits per heavy atom. The number of aromatic nitrogens is 2. The lowest BCUT2D eigenvalue weighted by Crippen LogP contribution is -2.28. The predicted molar refractivity (Wildman–Crippen MR) is 139 cm³/mol. The van der Waals surface area contributed by atoms with Gasteiger partial charge in [-0.2, -0.15) is 0 Å². The summed E-state index contributed by atoms with van der Waals surface area (Å²) < 4.78 is 5.53. The summed E-state index contributed by atoms with van der Waals surface area (Å²) in [7, 11) is 2.06. The van der Waals surface area contributed by atoms with Gasteiger partial charge in [0.15, 0.2) is 6.29 Å². The van der Waals surface area contributed by atoms with E-state index in [1.807, 2.05) is 13.0 Å². The molecule has 1 aromatic rings. The summed E-state index contributed by atoms with van der Waals surface area (Å²) in [6.45, 7) is 8.32. The van der Waals surface area contributed by atoms with Crippen LogP contribution in [-0.2, 0) is 11.3 Å². The molecule has 6 heteroatoms. The van der Waals surface area contributed by atoms with Crippen molar-refractivity contribution in [3.8, 4) is 0 Å². The first-order valence-electron chi connectivity index (χ1n) is 12.9. The van der Waals surface area contributed by atoms with Crippen molar-refractivity contribution in [2.24, 2.45) is 5.92 Å². The molecule has 1 aromatic heterocycles. The average molecular weight is 467 g/mol. The number of carbonyl (C=O) groups is 1. The van der Waals surface area contributed by atoms with Crippen molar-refractivity contribution >= 4 is 12.1 Å². The molecule has 1 aliphatic carbocycles. The van der Waals surface area contributed by atoms with Crippen LogP contribution in [0.3, 0.4) is 0 Å². The molecular weight excluding hydrogens is 424 g/mol. The molecule has 1 N–H and O–H groups in total. The van der Waals surface area contributed by atoms with E-state index in [9.17, 15) is 4.79 Å². The van der Waals surface area contributed by atoms with Gasteiger partial charge in [-0.05, 0) is 71.6 Å². The number of rotatable bonds is 10. The minimum absolute atomic E-state index is 0.213. The molecule has 34 heavy (non-hydrogen) atoms. The lowest BCUT2D eigenvalue weighted by Gasteiger charge is -2.25. The number of hydrogen-bond acceptors (Lipinski definition) is 6. The maximum Gasteiger partial charge on any atom is 0.168 e. The third kappa shape index (κ3) is 7.60. The van der Waals surface area contributed by atoms with Crippen LogP contribution in [0.2, 0.25) is 0 Å². The van der Waals surface area contributed by atoms with Gasteiger partial charge in [0.05, 0.1) is 0 Å². The summed E-state index contributed by atoms with van der Waals surface area (Å²) in [5, 5.41) is 3.54. The molecule has 186 valence electrons. The first-order chi connectivity index (χ1) is 16.5. The van der Waals surface area contributed by atoms with Crippen molar-refractivity contribution in [2.45, 2.75) is 84.2 Å². The summed E-state index contributed by atoms with van der Waals surface area (Å²) in [5.41, 5.74) is 2.27. The zero-order valence-corrected chi connectivity index (χ0v) is 21.4. The zero-order valence-electron chi connectivity index (χ0n) is 21.4. The van der Waals surface area contributed by atoms with Crippen LogP contribution >= 0.6 is 0 Å². The first-order valence-corrected chi connectivity index (χ1v) is 12.9. The van der Waals surface area contributed by atoms with Crippen LogP contribution < -0.4 is 5.32 Å². The molecule has 3 rings (SSSR count). The van der Waals surface area contributed by atoms with Gasteiger partial charge in [-0.15, -0.1) is 0 Å². The number of aldehydes is 1. The van der Waals surface area contributed by atoms with E-state index in [-0.39, 0.29) is 5.92 Å². The van der Waals surface area contributed by atoms with Gasteiger partial charge >= 0.3 is 0 Å². The fourth-order valence-electron chi connectivity index (χ4n) is 4.54. The minimum atomic E-state index is 0.213. The largest absolute Gasteiger partial charge is 0.381 e. The highest BCUT2D eigenvalue weighted by atomic mass is 16.5.